The second kappa shape index (κ2) is 11.6. The molecule has 2 aromatic heterocycles. The van der Waals surface area contributed by atoms with Crippen molar-refractivity contribution in [1.29, 1.82) is 0 Å². The second-order valence-electron chi connectivity index (χ2n) is 13.3. The van der Waals surface area contributed by atoms with Crippen molar-refractivity contribution in [3.05, 3.63) is 70.3 Å². The number of benzene rings is 1. The number of pyridine rings is 2. The molecule has 0 unspecified atom stereocenters. The monoisotopic (exact) mass is 628 g/mol. The summed E-state index contributed by atoms with van der Waals surface area (Å²) in [6, 6.07) is 6.36. The van der Waals surface area contributed by atoms with Crippen molar-refractivity contribution < 1.29 is 41.7 Å². The van der Waals surface area contributed by atoms with Gasteiger partial charge in [-0.1, -0.05) is 13.8 Å². The Morgan fingerprint density at radius 1 is 1.11 bits per heavy atom. The molecule has 3 atom stereocenters. The van der Waals surface area contributed by atoms with Crippen molar-refractivity contribution >= 4 is 5.97 Å². The Hall–Kier alpha value is -3.73. The van der Waals surface area contributed by atoms with Crippen molar-refractivity contribution in [1.82, 2.24) is 9.97 Å². The maximum absolute atomic E-state index is 15.0. The van der Waals surface area contributed by atoms with Crippen LogP contribution in [0.4, 0.5) is 17.6 Å². The highest BCUT2D eigenvalue weighted by Crippen LogP contribution is 2.62. The van der Waals surface area contributed by atoms with Gasteiger partial charge in [-0.15, -0.1) is 0 Å². The molecule has 2 saturated carbocycles. The van der Waals surface area contributed by atoms with Gasteiger partial charge in [-0.3, -0.25) is 4.79 Å². The SMILES string of the molecule is Cc1nc(OC[C@H]2C[C@@](C)(O)C2)ccc1-c1cc(COc2cc3c(cn2)[C@H]2[C@@H](C3)[C@@H]2C(=O)OCC(C)C)c(F)cc1C(F)(F)F. The van der Waals surface area contributed by atoms with E-state index in [2.05, 4.69) is 9.97 Å². The number of aryl methyl sites for hydroxylation is 1. The van der Waals surface area contributed by atoms with Gasteiger partial charge in [0.15, 0.2) is 0 Å². The standard InChI is InChI=1S/C34H36F4N2O5/c1-17(2)14-45-32(41)31-24-7-20-9-29(39-13-25(20)30(24)31)44-16-21-8-23(26(10-27(21)35)34(36,37)38)22-5-6-28(40-18(22)3)43-15-19-11-33(4,42)12-19/h5-6,8-10,13,17,19,24,30-31,42H,7,11-12,14-16H2,1-4H3/t19-,24-,30-,31+,33+/m1/s1. The van der Waals surface area contributed by atoms with Crippen molar-refractivity contribution in [2.24, 2.45) is 23.7 Å². The maximum atomic E-state index is 15.0. The second-order valence-corrected chi connectivity index (χ2v) is 13.3. The lowest BCUT2D eigenvalue weighted by molar-refractivity contribution is -0.146. The fraction of sp³-hybridized carbons (Fsp3) is 0.500. The molecule has 240 valence electrons. The molecule has 3 aromatic rings. The molecule has 0 amide bonds. The molecule has 3 aliphatic carbocycles. The van der Waals surface area contributed by atoms with E-state index in [9.17, 15) is 23.1 Å². The molecule has 2 fully saturated rings. The highest BCUT2D eigenvalue weighted by atomic mass is 19.4. The van der Waals surface area contributed by atoms with Gasteiger partial charge in [-0.2, -0.15) is 13.2 Å². The van der Waals surface area contributed by atoms with Gasteiger partial charge in [0.2, 0.25) is 11.8 Å². The van der Waals surface area contributed by atoms with Gasteiger partial charge >= 0.3 is 12.1 Å². The van der Waals surface area contributed by atoms with Crippen LogP contribution in [0.3, 0.4) is 0 Å². The molecule has 0 aliphatic heterocycles. The Labute approximate surface area is 258 Å². The number of halogens is 4. The van der Waals surface area contributed by atoms with Crippen LogP contribution in [0.15, 0.2) is 36.5 Å². The van der Waals surface area contributed by atoms with Crippen molar-refractivity contribution in [2.45, 2.75) is 71.3 Å². The Morgan fingerprint density at radius 2 is 1.87 bits per heavy atom. The van der Waals surface area contributed by atoms with E-state index in [-0.39, 0.29) is 70.6 Å². The van der Waals surface area contributed by atoms with Crippen LogP contribution in [0.5, 0.6) is 11.8 Å². The number of hydrogen-bond acceptors (Lipinski definition) is 7. The summed E-state index contributed by atoms with van der Waals surface area (Å²) in [5.41, 5.74) is 0.361. The third-order valence-corrected chi connectivity index (χ3v) is 8.96. The van der Waals surface area contributed by atoms with E-state index >= 15 is 4.39 Å². The number of fused-ring (bicyclic) bond motifs is 3. The van der Waals surface area contributed by atoms with Crippen LogP contribution in [0.1, 0.15) is 67.5 Å². The van der Waals surface area contributed by atoms with E-state index in [4.69, 9.17) is 14.2 Å². The van der Waals surface area contributed by atoms with Crippen LogP contribution in [0, 0.1) is 36.4 Å². The predicted octanol–water partition coefficient (Wildman–Crippen LogP) is 6.81. The normalized spacial score (nSPS) is 24.9. The molecule has 0 radical (unpaired) electrons. The minimum Gasteiger partial charge on any atom is -0.477 e. The van der Waals surface area contributed by atoms with Crippen molar-refractivity contribution in [3.8, 4) is 22.9 Å². The van der Waals surface area contributed by atoms with E-state index in [1.165, 1.54) is 12.1 Å². The lowest BCUT2D eigenvalue weighted by Crippen LogP contribution is -2.43. The van der Waals surface area contributed by atoms with Gasteiger partial charge in [0.25, 0.3) is 0 Å². The van der Waals surface area contributed by atoms with E-state index in [0.29, 0.717) is 44.2 Å². The smallest absolute Gasteiger partial charge is 0.417 e. The molecular weight excluding hydrogens is 592 g/mol. The number of carbonyl (C=O) groups excluding carboxylic acids is 1. The first kappa shape index (κ1) is 31.3. The zero-order valence-electron chi connectivity index (χ0n) is 25.6. The number of nitrogens with zero attached hydrogens (tertiary/aromatic N) is 2. The summed E-state index contributed by atoms with van der Waals surface area (Å²) >= 11 is 0. The molecule has 1 aromatic carbocycles. The van der Waals surface area contributed by atoms with Crippen molar-refractivity contribution in [2.75, 3.05) is 13.2 Å². The summed E-state index contributed by atoms with van der Waals surface area (Å²) in [6.07, 6.45) is -1.26. The number of hydrogen-bond donors (Lipinski definition) is 1. The summed E-state index contributed by atoms with van der Waals surface area (Å²) < 4.78 is 74.0. The number of alkyl halides is 3. The summed E-state index contributed by atoms with van der Waals surface area (Å²) in [6.45, 7) is 7.69. The molecule has 45 heavy (non-hydrogen) atoms. The Kier molecular flexibility index (Phi) is 8.04. The Bertz CT molecular complexity index is 1610. The van der Waals surface area contributed by atoms with Gasteiger partial charge in [0.1, 0.15) is 12.4 Å². The molecule has 1 N–H and O–H groups in total. The van der Waals surface area contributed by atoms with Crippen LogP contribution in [0.2, 0.25) is 0 Å². The summed E-state index contributed by atoms with van der Waals surface area (Å²) in [5.74, 6) is -0.233. The fourth-order valence-corrected chi connectivity index (χ4v) is 6.76. The average molecular weight is 629 g/mol. The lowest BCUT2D eigenvalue weighted by Gasteiger charge is -2.40. The third kappa shape index (κ3) is 6.50. The quantitative estimate of drug-likeness (QED) is 0.195. The van der Waals surface area contributed by atoms with Gasteiger partial charge in [-0.05, 0) is 85.8 Å². The van der Waals surface area contributed by atoms with Crippen LogP contribution >= 0.6 is 0 Å². The molecule has 0 spiro atoms. The van der Waals surface area contributed by atoms with Crippen LogP contribution in [-0.2, 0) is 28.7 Å². The number of rotatable bonds is 10. The Morgan fingerprint density at radius 3 is 2.53 bits per heavy atom. The largest absolute Gasteiger partial charge is 0.477 e. The molecule has 3 aliphatic rings. The van der Waals surface area contributed by atoms with Crippen LogP contribution in [-0.4, -0.2) is 39.9 Å². The highest BCUT2D eigenvalue weighted by molar-refractivity contribution is 5.79. The van der Waals surface area contributed by atoms with Gasteiger partial charge in [0, 0.05) is 41.1 Å². The minimum atomic E-state index is -4.81. The topological polar surface area (TPSA) is 90.8 Å². The number of ether oxygens (including phenoxy) is 3. The van der Waals surface area contributed by atoms with Crippen molar-refractivity contribution in [3.63, 3.8) is 0 Å². The zero-order chi connectivity index (χ0) is 32.3. The molecule has 0 bridgehead atoms. The van der Waals surface area contributed by atoms with E-state index < -0.39 is 23.2 Å². The third-order valence-electron chi connectivity index (χ3n) is 8.96. The predicted molar refractivity (Wildman–Crippen MR) is 156 cm³/mol. The summed E-state index contributed by atoms with van der Waals surface area (Å²) in [5, 5.41) is 9.91. The molecule has 6 rings (SSSR count). The average Bonchev–Trinajstić information content (AvgIpc) is 3.53. The molecule has 2 heterocycles. The van der Waals surface area contributed by atoms with E-state index in [0.717, 1.165) is 17.2 Å². The Balaban J connectivity index is 1.16. The fourth-order valence-electron chi connectivity index (χ4n) is 6.76. The number of aromatic nitrogens is 2. The first-order valence-electron chi connectivity index (χ1n) is 15.2. The lowest BCUT2D eigenvalue weighted by atomic mass is 9.73. The number of aliphatic hydroxyl groups is 1. The minimum absolute atomic E-state index is 0.0622. The summed E-state index contributed by atoms with van der Waals surface area (Å²) in [7, 11) is 0. The maximum Gasteiger partial charge on any atom is 0.417 e. The molecule has 0 saturated heterocycles. The summed E-state index contributed by atoms with van der Waals surface area (Å²) in [4.78, 5) is 21.1. The zero-order valence-corrected chi connectivity index (χ0v) is 25.6. The van der Waals surface area contributed by atoms with Crippen LogP contribution in [0.25, 0.3) is 11.1 Å². The van der Waals surface area contributed by atoms with Gasteiger partial charge in [-0.25, -0.2) is 14.4 Å². The first-order chi connectivity index (χ1) is 21.2. The van der Waals surface area contributed by atoms with Gasteiger partial charge < -0.3 is 19.3 Å². The van der Waals surface area contributed by atoms with Crippen LogP contribution < -0.4 is 9.47 Å². The van der Waals surface area contributed by atoms with E-state index in [1.807, 2.05) is 13.8 Å². The van der Waals surface area contributed by atoms with E-state index in [1.54, 1.807) is 26.1 Å². The first-order valence-corrected chi connectivity index (χ1v) is 15.2. The number of esters is 1. The number of carbonyl (C=O) groups is 1. The molecular formula is C34H36F4N2O5. The van der Waals surface area contributed by atoms with Gasteiger partial charge in [0.05, 0.1) is 30.3 Å². The highest BCUT2D eigenvalue weighted by Gasteiger charge is 2.60. The molecule has 7 nitrogen and oxygen atoms in total. The molecule has 11 heteroatoms.